The number of nitrogens with two attached hydrogens (primary N) is 1. The maximum atomic E-state index is 13.0. The first-order valence-corrected chi connectivity index (χ1v) is 10.9. The molecular weight excluding hydrogens is 390 g/mol. The molecule has 27 heavy (non-hydrogen) atoms. The molecule has 0 atom stereocenters. The zero-order valence-electron chi connectivity index (χ0n) is 14.4. The fourth-order valence-electron chi connectivity index (χ4n) is 3.05. The molecule has 0 fully saturated rings. The van der Waals surface area contributed by atoms with Crippen molar-refractivity contribution in [2.24, 2.45) is 5.14 Å². The van der Waals surface area contributed by atoms with Crippen LogP contribution >= 0.6 is 0 Å². The first-order valence-electron chi connectivity index (χ1n) is 7.90. The van der Waals surface area contributed by atoms with Crippen molar-refractivity contribution in [2.45, 2.75) is 22.8 Å². The molecule has 0 unspecified atom stereocenters. The molecule has 1 aliphatic rings. The SMILES string of the molecule is COc1cc2c(cc1S(N)(=O)=O)CCN(S(=O)(=O)c1ccccc1C#N)C2. The summed E-state index contributed by atoms with van der Waals surface area (Å²) in [5.74, 6) is 0.0629. The molecule has 2 N–H and O–H groups in total. The Morgan fingerprint density at radius 2 is 1.81 bits per heavy atom. The van der Waals surface area contributed by atoms with Crippen LogP contribution < -0.4 is 9.88 Å². The molecule has 142 valence electrons. The molecule has 0 amide bonds. The summed E-state index contributed by atoms with van der Waals surface area (Å²) in [4.78, 5) is -0.182. The van der Waals surface area contributed by atoms with Crippen molar-refractivity contribution in [3.8, 4) is 11.8 Å². The average molecular weight is 407 g/mol. The van der Waals surface area contributed by atoms with Crippen LogP contribution in [0.1, 0.15) is 16.7 Å². The third-order valence-electron chi connectivity index (χ3n) is 4.39. The molecule has 8 nitrogen and oxygen atoms in total. The van der Waals surface area contributed by atoms with Crippen molar-refractivity contribution in [2.75, 3.05) is 13.7 Å². The summed E-state index contributed by atoms with van der Waals surface area (Å²) in [5, 5.41) is 14.4. The maximum Gasteiger partial charge on any atom is 0.244 e. The molecule has 0 bridgehead atoms. The van der Waals surface area contributed by atoms with Crippen molar-refractivity contribution in [3.05, 3.63) is 53.1 Å². The highest BCUT2D eigenvalue weighted by Crippen LogP contribution is 2.32. The zero-order valence-corrected chi connectivity index (χ0v) is 16.0. The van der Waals surface area contributed by atoms with E-state index in [0.29, 0.717) is 17.5 Å². The summed E-state index contributed by atoms with van der Waals surface area (Å²) in [5.41, 5.74) is 1.40. The zero-order chi connectivity index (χ0) is 19.8. The molecule has 0 aliphatic carbocycles. The summed E-state index contributed by atoms with van der Waals surface area (Å²) < 4.78 is 55.8. The molecule has 0 spiro atoms. The number of ether oxygens (including phenoxy) is 1. The standard InChI is InChI=1S/C17H17N3O5S2/c1-25-15-8-14-11-20(7-6-12(14)9-17(15)26(19,21)22)27(23,24)16-5-3-2-4-13(16)10-18/h2-5,8-9H,6-7,11H2,1H3,(H2,19,21,22). The van der Waals surface area contributed by atoms with Crippen LogP contribution in [-0.2, 0) is 33.0 Å². The number of fused-ring (bicyclic) bond motifs is 1. The van der Waals surface area contributed by atoms with Crippen LogP contribution in [0.4, 0.5) is 0 Å². The van der Waals surface area contributed by atoms with Gasteiger partial charge in [-0.25, -0.2) is 22.0 Å². The molecule has 0 radical (unpaired) electrons. The molecule has 1 heterocycles. The van der Waals surface area contributed by atoms with E-state index >= 15 is 0 Å². The van der Waals surface area contributed by atoms with E-state index in [4.69, 9.17) is 9.88 Å². The smallest absolute Gasteiger partial charge is 0.244 e. The third kappa shape index (κ3) is 3.54. The van der Waals surface area contributed by atoms with Crippen LogP contribution in [0.25, 0.3) is 0 Å². The predicted octanol–water partition coefficient (Wildman–Crippen LogP) is 0.961. The fraction of sp³-hybridized carbons (Fsp3) is 0.235. The largest absolute Gasteiger partial charge is 0.495 e. The van der Waals surface area contributed by atoms with Gasteiger partial charge in [-0.05, 0) is 41.8 Å². The number of primary sulfonamides is 1. The van der Waals surface area contributed by atoms with E-state index in [1.807, 2.05) is 6.07 Å². The first-order chi connectivity index (χ1) is 12.7. The third-order valence-corrected chi connectivity index (χ3v) is 7.23. The topological polar surface area (TPSA) is 131 Å². The minimum Gasteiger partial charge on any atom is -0.495 e. The number of hydrogen-bond donors (Lipinski definition) is 1. The van der Waals surface area contributed by atoms with Crippen molar-refractivity contribution >= 4 is 20.0 Å². The highest BCUT2D eigenvalue weighted by molar-refractivity contribution is 7.89. The van der Waals surface area contributed by atoms with Crippen LogP contribution in [0.15, 0.2) is 46.2 Å². The quantitative estimate of drug-likeness (QED) is 0.803. The van der Waals surface area contributed by atoms with Crippen molar-refractivity contribution < 1.29 is 21.6 Å². The maximum absolute atomic E-state index is 13.0. The normalized spacial score (nSPS) is 15.0. The Labute approximate surface area is 157 Å². The second kappa shape index (κ2) is 6.94. The Bertz CT molecular complexity index is 1150. The van der Waals surface area contributed by atoms with Gasteiger partial charge >= 0.3 is 0 Å². The number of rotatable bonds is 4. The van der Waals surface area contributed by atoms with Gasteiger partial charge in [-0.1, -0.05) is 12.1 Å². The van der Waals surface area contributed by atoms with Gasteiger partial charge in [0, 0.05) is 13.1 Å². The van der Waals surface area contributed by atoms with Gasteiger partial charge in [-0.15, -0.1) is 0 Å². The van der Waals surface area contributed by atoms with E-state index in [1.165, 1.54) is 35.7 Å². The van der Waals surface area contributed by atoms with Gasteiger partial charge in [0.15, 0.2) is 0 Å². The lowest BCUT2D eigenvalue weighted by Crippen LogP contribution is -2.36. The fourth-order valence-corrected chi connectivity index (χ4v) is 5.34. The number of sulfonamides is 2. The molecule has 2 aromatic carbocycles. The van der Waals surface area contributed by atoms with Gasteiger partial charge in [0.05, 0.1) is 17.6 Å². The Morgan fingerprint density at radius 3 is 2.44 bits per heavy atom. The summed E-state index contributed by atoms with van der Waals surface area (Å²) in [6.07, 6.45) is 0.315. The Morgan fingerprint density at radius 1 is 1.11 bits per heavy atom. The van der Waals surface area contributed by atoms with E-state index in [9.17, 15) is 22.1 Å². The van der Waals surface area contributed by atoms with Crippen LogP contribution in [-0.4, -0.2) is 34.8 Å². The minimum atomic E-state index is -3.97. The van der Waals surface area contributed by atoms with Gasteiger partial charge in [-0.2, -0.15) is 9.57 Å². The predicted molar refractivity (Wildman–Crippen MR) is 96.8 cm³/mol. The van der Waals surface area contributed by atoms with Gasteiger partial charge in [0.25, 0.3) is 0 Å². The van der Waals surface area contributed by atoms with E-state index in [2.05, 4.69) is 0 Å². The first kappa shape index (κ1) is 19.3. The Hall–Kier alpha value is -2.45. The lowest BCUT2D eigenvalue weighted by molar-refractivity contribution is 0.380. The molecule has 0 aromatic heterocycles. The molecule has 10 heteroatoms. The van der Waals surface area contributed by atoms with Gasteiger partial charge in [0.2, 0.25) is 20.0 Å². The monoisotopic (exact) mass is 407 g/mol. The average Bonchev–Trinajstić information content (AvgIpc) is 2.65. The van der Waals surface area contributed by atoms with E-state index in [1.54, 1.807) is 12.1 Å². The number of benzene rings is 2. The Balaban J connectivity index is 2.03. The summed E-state index contributed by atoms with van der Waals surface area (Å²) >= 11 is 0. The lowest BCUT2D eigenvalue weighted by atomic mass is 10.0. The van der Waals surface area contributed by atoms with Crippen LogP contribution in [0.5, 0.6) is 5.75 Å². The highest BCUT2D eigenvalue weighted by Gasteiger charge is 2.31. The van der Waals surface area contributed by atoms with E-state index < -0.39 is 20.0 Å². The molecule has 3 rings (SSSR count). The second-order valence-corrected chi connectivity index (χ2v) is 9.45. The number of methoxy groups -OCH3 is 1. The van der Waals surface area contributed by atoms with Crippen molar-refractivity contribution in [1.82, 2.24) is 4.31 Å². The second-order valence-electron chi connectivity index (χ2n) is 6.01. The Kier molecular flexibility index (Phi) is 4.96. The highest BCUT2D eigenvalue weighted by atomic mass is 32.2. The van der Waals surface area contributed by atoms with Crippen LogP contribution in [0, 0.1) is 11.3 Å². The summed E-state index contributed by atoms with van der Waals surface area (Å²) in [7, 11) is -6.53. The molecular formula is C17H17N3O5S2. The van der Waals surface area contributed by atoms with Crippen molar-refractivity contribution in [1.29, 1.82) is 5.26 Å². The number of nitrogens with zero attached hydrogens (tertiary/aromatic N) is 2. The number of nitriles is 1. The van der Waals surface area contributed by atoms with Gasteiger partial charge in [-0.3, -0.25) is 0 Å². The summed E-state index contributed by atoms with van der Waals surface area (Å²) in [6, 6.07) is 10.8. The molecule has 1 aliphatic heterocycles. The summed E-state index contributed by atoms with van der Waals surface area (Å²) in [6.45, 7) is 0.199. The van der Waals surface area contributed by atoms with E-state index in [0.717, 1.165) is 0 Å². The lowest BCUT2D eigenvalue weighted by Gasteiger charge is -2.29. The molecule has 0 saturated carbocycles. The van der Waals surface area contributed by atoms with Gasteiger partial charge in [0.1, 0.15) is 16.7 Å². The van der Waals surface area contributed by atoms with Gasteiger partial charge < -0.3 is 4.74 Å². The molecule has 2 aromatic rings. The van der Waals surface area contributed by atoms with E-state index in [-0.39, 0.29) is 34.2 Å². The van der Waals surface area contributed by atoms with Crippen molar-refractivity contribution in [3.63, 3.8) is 0 Å². The van der Waals surface area contributed by atoms with Crippen LogP contribution in [0.3, 0.4) is 0 Å². The minimum absolute atomic E-state index is 0.0404. The molecule has 0 saturated heterocycles. The van der Waals surface area contributed by atoms with Crippen LogP contribution in [0.2, 0.25) is 0 Å². The number of hydrogen-bond acceptors (Lipinski definition) is 6.